The van der Waals surface area contributed by atoms with Crippen LogP contribution in [0.3, 0.4) is 0 Å². The number of anilines is 1. The highest BCUT2D eigenvalue weighted by molar-refractivity contribution is 7.90. The smallest absolute Gasteiger partial charge is 0.497 e. The van der Waals surface area contributed by atoms with Crippen LogP contribution in [0.5, 0.6) is 5.75 Å². The minimum atomic E-state index is -5.68. The van der Waals surface area contributed by atoms with Crippen molar-refractivity contribution in [2.45, 2.75) is 5.51 Å². The molecule has 1 aromatic heterocycles. The van der Waals surface area contributed by atoms with Gasteiger partial charge in [0.15, 0.2) is 0 Å². The second-order valence-electron chi connectivity index (χ2n) is 5.49. The number of rotatable bonds is 4. The number of hydrogen-bond acceptors (Lipinski definition) is 4. The number of aromatic nitrogens is 1. The lowest BCUT2D eigenvalue weighted by molar-refractivity contribution is -0.0445. The zero-order valence-electron chi connectivity index (χ0n) is 13.8. The van der Waals surface area contributed by atoms with E-state index >= 15 is 0 Å². The van der Waals surface area contributed by atoms with Crippen molar-refractivity contribution in [3.63, 3.8) is 0 Å². The summed E-state index contributed by atoms with van der Waals surface area (Å²) in [5, 5.41) is 2.60. The minimum absolute atomic E-state index is 0.0747. The molecule has 1 N–H and O–H groups in total. The van der Waals surface area contributed by atoms with E-state index in [1.165, 1.54) is 31.4 Å². The van der Waals surface area contributed by atoms with E-state index < -0.39 is 21.4 Å². The topological polar surface area (TPSA) is 77.4 Å². The number of amides is 1. The van der Waals surface area contributed by atoms with E-state index in [0.717, 1.165) is 0 Å². The fourth-order valence-corrected chi connectivity index (χ4v) is 3.40. The quantitative estimate of drug-likeness (QED) is 0.729. The highest BCUT2D eigenvalue weighted by Crippen LogP contribution is 2.31. The maximum atomic E-state index is 13.0. The molecule has 3 aromatic rings. The number of ether oxygens (including phenoxy) is 1. The van der Waals surface area contributed by atoms with Crippen LogP contribution >= 0.6 is 0 Å². The first-order valence-corrected chi connectivity index (χ1v) is 8.96. The summed E-state index contributed by atoms with van der Waals surface area (Å²) in [5.74, 6) is -0.187. The number of para-hydroxylation sites is 1. The SMILES string of the molecule is COc1ccc(NC(=O)c2cn(S(=O)(=O)C(F)(F)F)c3ccccc23)cc1. The van der Waals surface area contributed by atoms with Gasteiger partial charge in [-0.2, -0.15) is 21.6 Å². The van der Waals surface area contributed by atoms with Gasteiger partial charge in [-0.1, -0.05) is 18.2 Å². The zero-order chi connectivity index (χ0) is 19.8. The van der Waals surface area contributed by atoms with E-state index in [4.69, 9.17) is 4.74 Å². The summed E-state index contributed by atoms with van der Waals surface area (Å²) in [4.78, 5) is 12.5. The highest BCUT2D eigenvalue weighted by Gasteiger charge is 2.48. The molecule has 0 bridgehead atoms. The minimum Gasteiger partial charge on any atom is -0.497 e. The molecule has 0 fully saturated rings. The van der Waals surface area contributed by atoms with Crippen molar-refractivity contribution in [2.75, 3.05) is 12.4 Å². The Morgan fingerprint density at radius 3 is 2.30 bits per heavy atom. The Hall–Kier alpha value is -3.01. The first kappa shape index (κ1) is 18.8. The summed E-state index contributed by atoms with van der Waals surface area (Å²) in [6, 6.07) is 11.7. The summed E-state index contributed by atoms with van der Waals surface area (Å²) in [6.45, 7) is 0. The van der Waals surface area contributed by atoms with Gasteiger partial charge in [0.1, 0.15) is 5.75 Å². The van der Waals surface area contributed by atoms with Crippen LogP contribution in [0.2, 0.25) is 0 Å². The maximum Gasteiger partial charge on any atom is 0.517 e. The molecule has 3 rings (SSSR count). The molecule has 2 aromatic carbocycles. The summed E-state index contributed by atoms with van der Waals surface area (Å²) in [6.07, 6.45) is 0.673. The number of hydrogen-bond donors (Lipinski definition) is 1. The van der Waals surface area contributed by atoms with Crippen molar-refractivity contribution in [1.29, 1.82) is 0 Å². The molecule has 0 aliphatic carbocycles. The van der Waals surface area contributed by atoms with E-state index in [0.29, 0.717) is 17.6 Å². The Labute approximate surface area is 152 Å². The van der Waals surface area contributed by atoms with Crippen LogP contribution in [-0.2, 0) is 10.0 Å². The number of nitrogens with one attached hydrogen (secondary N) is 1. The lowest BCUT2D eigenvalue weighted by Gasteiger charge is -2.09. The molecule has 0 aliphatic heterocycles. The molecule has 10 heteroatoms. The van der Waals surface area contributed by atoms with E-state index in [-0.39, 0.29) is 20.4 Å². The predicted octanol–water partition coefficient (Wildman–Crippen LogP) is 3.60. The number of halogens is 3. The van der Waals surface area contributed by atoms with Crippen molar-refractivity contribution in [3.8, 4) is 5.75 Å². The fourth-order valence-electron chi connectivity index (χ4n) is 2.51. The Morgan fingerprint density at radius 2 is 1.70 bits per heavy atom. The second kappa shape index (κ2) is 6.62. The number of carbonyl (C=O) groups excluding carboxylic acids is 1. The van der Waals surface area contributed by atoms with Gasteiger partial charge in [0.25, 0.3) is 5.91 Å². The van der Waals surface area contributed by atoms with Crippen LogP contribution in [0.4, 0.5) is 18.9 Å². The van der Waals surface area contributed by atoms with Gasteiger partial charge >= 0.3 is 15.5 Å². The average molecular weight is 398 g/mol. The molecular weight excluding hydrogens is 385 g/mol. The van der Waals surface area contributed by atoms with E-state index in [2.05, 4.69) is 5.32 Å². The number of methoxy groups -OCH3 is 1. The molecule has 0 atom stereocenters. The maximum absolute atomic E-state index is 13.0. The van der Waals surface area contributed by atoms with E-state index in [1.54, 1.807) is 24.3 Å². The van der Waals surface area contributed by atoms with Gasteiger partial charge in [-0.15, -0.1) is 0 Å². The Morgan fingerprint density at radius 1 is 1.07 bits per heavy atom. The monoisotopic (exact) mass is 398 g/mol. The average Bonchev–Trinajstić information content (AvgIpc) is 3.02. The van der Waals surface area contributed by atoms with Crippen molar-refractivity contribution in [1.82, 2.24) is 3.97 Å². The van der Waals surface area contributed by atoms with Crippen molar-refractivity contribution in [3.05, 3.63) is 60.3 Å². The summed E-state index contributed by atoms with van der Waals surface area (Å²) < 4.78 is 67.6. The largest absolute Gasteiger partial charge is 0.517 e. The van der Waals surface area contributed by atoms with Gasteiger partial charge in [0.2, 0.25) is 0 Å². The molecule has 142 valence electrons. The van der Waals surface area contributed by atoms with Crippen LogP contribution in [0.1, 0.15) is 10.4 Å². The Bertz CT molecular complexity index is 1100. The van der Waals surface area contributed by atoms with Gasteiger partial charge < -0.3 is 10.1 Å². The third-order valence-corrected chi connectivity index (χ3v) is 5.23. The van der Waals surface area contributed by atoms with Crippen LogP contribution in [0, 0.1) is 0 Å². The first-order chi connectivity index (χ1) is 12.6. The number of alkyl halides is 3. The number of benzene rings is 2. The molecule has 27 heavy (non-hydrogen) atoms. The van der Waals surface area contributed by atoms with E-state index in [9.17, 15) is 26.4 Å². The van der Waals surface area contributed by atoms with Crippen LogP contribution < -0.4 is 10.1 Å². The molecule has 1 heterocycles. The zero-order valence-corrected chi connectivity index (χ0v) is 14.6. The molecular formula is C17H13F3N2O4S. The van der Waals surface area contributed by atoms with Crippen molar-refractivity contribution >= 4 is 32.5 Å². The third kappa shape index (κ3) is 3.35. The summed E-state index contributed by atoms with van der Waals surface area (Å²) in [7, 11) is -4.20. The molecule has 0 saturated carbocycles. The highest BCUT2D eigenvalue weighted by atomic mass is 32.2. The summed E-state index contributed by atoms with van der Waals surface area (Å²) in [5.41, 5.74) is -5.57. The van der Waals surface area contributed by atoms with Gasteiger partial charge in [0.05, 0.1) is 18.2 Å². The predicted molar refractivity (Wildman–Crippen MR) is 93.3 cm³/mol. The van der Waals surface area contributed by atoms with Gasteiger partial charge in [-0.3, -0.25) is 4.79 Å². The van der Waals surface area contributed by atoms with Gasteiger partial charge in [-0.05, 0) is 30.3 Å². The molecule has 1 amide bonds. The standard InChI is InChI=1S/C17H13F3N2O4S/c1-26-12-8-6-11(7-9-12)21-16(23)14-10-22(27(24,25)17(18,19)20)15-5-3-2-4-13(14)15/h2-10H,1H3,(H,21,23). The summed E-state index contributed by atoms with van der Waals surface area (Å²) >= 11 is 0. The van der Waals surface area contributed by atoms with Gasteiger partial charge in [0, 0.05) is 17.3 Å². The molecule has 0 unspecified atom stereocenters. The third-order valence-electron chi connectivity index (χ3n) is 3.82. The normalized spacial score (nSPS) is 12.1. The van der Waals surface area contributed by atoms with Crippen LogP contribution in [0.25, 0.3) is 10.9 Å². The molecule has 0 saturated heterocycles. The van der Waals surface area contributed by atoms with Gasteiger partial charge in [-0.25, -0.2) is 3.97 Å². The van der Waals surface area contributed by atoms with E-state index in [1.807, 2.05) is 0 Å². The number of fused-ring (bicyclic) bond motifs is 1. The number of nitrogens with zero attached hydrogens (tertiary/aromatic N) is 1. The molecule has 0 spiro atoms. The molecule has 6 nitrogen and oxygen atoms in total. The Balaban J connectivity index is 2.05. The lowest BCUT2D eigenvalue weighted by Crippen LogP contribution is -2.29. The van der Waals surface area contributed by atoms with Crippen LogP contribution in [0.15, 0.2) is 54.7 Å². The molecule has 0 radical (unpaired) electrons. The first-order valence-electron chi connectivity index (χ1n) is 7.52. The second-order valence-corrected chi connectivity index (χ2v) is 7.30. The fraction of sp³-hybridized carbons (Fsp3) is 0.118. The van der Waals surface area contributed by atoms with Crippen molar-refractivity contribution < 1.29 is 31.1 Å². The van der Waals surface area contributed by atoms with Crippen molar-refractivity contribution in [2.24, 2.45) is 0 Å². The van der Waals surface area contributed by atoms with Crippen LogP contribution in [-0.4, -0.2) is 30.9 Å². The molecule has 0 aliphatic rings. The lowest BCUT2D eigenvalue weighted by atomic mass is 10.1. The Kier molecular flexibility index (Phi) is 4.60. The number of carbonyl (C=O) groups is 1.